The molecule has 0 fully saturated rings. The van der Waals surface area contributed by atoms with Crippen molar-refractivity contribution in [3.8, 4) is 5.75 Å². The molecule has 2 rings (SSSR count). The summed E-state index contributed by atoms with van der Waals surface area (Å²) < 4.78 is 5.53. The van der Waals surface area contributed by atoms with Crippen LogP contribution in [-0.4, -0.2) is 22.2 Å². The lowest BCUT2D eigenvalue weighted by Crippen LogP contribution is -2.26. The van der Waals surface area contributed by atoms with E-state index in [1.54, 1.807) is 6.92 Å². The first-order valence-electron chi connectivity index (χ1n) is 6.08. The molecule has 0 amide bonds. The molecular formula is C14H13Cl2NO3. The summed E-state index contributed by atoms with van der Waals surface area (Å²) in [5, 5.41) is 10.5. The lowest BCUT2D eigenvalue weighted by molar-refractivity contribution is -0.145. The Balaban J connectivity index is 2.62. The van der Waals surface area contributed by atoms with E-state index in [2.05, 4.69) is 4.98 Å². The van der Waals surface area contributed by atoms with Crippen LogP contribution in [0.1, 0.15) is 19.0 Å². The monoisotopic (exact) mass is 313 g/mol. The smallest absolute Gasteiger partial charge is 0.344 e. The van der Waals surface area contributed by atoms with Crippen molar-refractivity contribution in [2.45, 2.75) is 26.4 Å². The predicted octanol–water partition coefficient (Wildman–Crippen LogP) is 4.09. The van der Waals surface area contributed by atoms with E-state index < -0.39 is 12.1 Å². The second-order valence-electron chi connectivity index (χ2n) is 4.37. The summed E-state index contributed by atoms with van der Waals surface area (Å²) in [6.45, 7) is 3.55. The molecule has 1 aromatic heterocycles. The largest absolute Gasteiger partial charge is 0.479 e. The highest BCUT2D eigenvalue weighted by Gasteiger charge is 2.21. The minimum atomic E-state index is -1.04. The standard InChI is InChI=1S/C14H13Cl2NO3/c1-3-11(14(18)19)20-13-10(16)6-9(15)8-5-4-7(2)17-12(8)13/h4-6,11H,3H2,1-2H3,(H,18,19). The Bertz CT molecular complexity index is 673. The van der Waals surface area contributed by atoms with Crippen LogP contribution < -0.4 is 4.74 Å². The van der Waals surface area contributed by atoms with Crippen molar-refractivity contribution in [2.24, 2.45) is 0 Å². The second-order valence-corrected chi connectivity index (χ2v) is 5.19. The van der Waals surface area contributed by atoms with Crippen molar-refractivity contribution in [1.82, 2.24) is 4.98 Å². The second kappa shape index (κ2) is 5.85. The quantitative estimate of drug-likeness (QED) is 0.923. The topological polar surface area (TPSA) is 59.4 Å². The number of nitrogens with zero attached hydrogens (tertiary/aromatic N) is 1. The van der Waals surface area contributed by atoms with Crippen molar-refractivity contribution in [3.05, 3.63) is 33.9 Å². The molecule has 0 aliphatic heterocycles. The van der Waals surface area contributed by atoms with E-state index in [4.69, 9.17) is 33.0 Å². The van der Waals surface area contributed by atoms with Crippen molar-refractivity contribution in [3.63, 3.8) is 0 Å². The van der Waals surface area contributed by atoms with Gasteiger partial charge in [-0.15, -0.1) is 0 Å². The highest BCUT2D eigenvalue weighted by molar-refractivity contribution is 6.39. The summed E-state index contributed by atoms with van der Waals surface area (Å²) in [7, 11) is 0. The van der Waals surface area contributed by atoms with Crippen LogP contribution in [-0.2, 0) is 4.79 Å². The molecule has 0 radical (unpaired) electrons. The number of carboxylic acids is 1. The van der Waals surface area contributed by atoms with Crippen LogP contribution in [0.15, 0.2) is 18.2 Å². The van der Waals surface area contributed by atoms with Crippen molar-refractivity contribution >= 4 is 40.1 Å². The summed E-state index contributed by atoms with van der Waals surface area (Å²) in [5.74, 6) is -0.789. The average molecular weight is 314 g/mol. The zero-order valence-electron chi connectivity index (χ0n) is 11.0. The fraction of sp³-hybridized carbons (Fsp3) is 0.286. The zero-order chi connectivity index (χ0) is 14.9. The molecule has 6 heteroatoms. The molecule has 0 bridgehead atoms. The van der Waals surface area contributed by atoms with Crippen LogP contribution in [0.2, 0.25) is 10.0 Å². The van der Waals surface area contributed by atoms with E-state index in [1.165, 1.54) is 6.07 Å². The van der Waals surface area contributed by atoms with Gasteiger partial charge in [-0.25, -0.2) is 9.78 Å². The maximum Gasteiger partial charge on any atom is 0.344 e. The minimum absolute atomic E-state index is 0.250. The number of halogens is 2. The maximum absolute atomic E-state index is 11.1. The summed E-state index contributed by atoms with van der Waals surface area (Å²) in [6.07, 6.45) is -0.652. The van der Waals surface area contributed by atoms with Crippen molar-refractivity contribution in [2.75, 3.05) is 0 Å². The third kappa shape index (κ3) is 2.81. The number of pyridine rings is 1. The van der Waals surface area contributed by atoms with Gasteiger partial charge in [0.2, 0.25) is 0 Å². The molecule has 0 saturated carbocycles. The van der Waals surface area contributed by atoms with E-state index in [9.17, 15) is 4.79 Å². The third-order valence-corrected chi connectivity index (χ3v) is 3.48. The van der Waals surface area contributed by atoms with Gasteiger partial charge in [0.05, 0.1) is 10.0 Å². The molecule has 0 aliphatic carbocycles. The Morgan fingerprint density at radius 1 is 1.40 bits per heavy atom. The number of hydrogen-bond donors (Lipinski definition) is 1. The summed E-state index contributed by atoms with van der Waals surface area (Å²) in [4.78, 5) is 15.5. The Morgan fingerprint density at radius 3 is 2.70 bits per heavy atom. The van der Waals surface area contributed by atoms with E-state index in [0.29, 0.717) is 22.3 Å². The fourth-order valence-electron chi connectivity index (χ4n) is 1.85. The Labute approximate surface area is 126 Å². The molecule has 4 nitrogen and oxygen atoms in total. The van der Waals surface area contributed by atoms with E-state index in [-0.39, 0.29) is 10.8 Å². The Kier molecular flexibility index (Phi) is 4.35. The summed E-state index contributed by atoms with van der Waals surface area (Å²) in [6, 6.07) is 5.16. The number of fused-ring (bicyclic) bond motifs is 1. The molecule has 1 unspecified atom stereocenters. The fourth-order valence-corrected chi connectivity index (χ4v) is 2.41. The van der Waals surface area contributed by atoms with Crippen LogP contribution in [0.3, 0.4) is 0 Å². The van der Waals surface area contributed by atoms with Crippen LogP contribution in [0.4, 0.5) is 0 Å². The first-order valence-corrected chi connectivity index (χ1v) is 6.84. The summed E-state index contributed by atoms with van der Waals surface area (Å²) >= 11 is 12.2. The van der Waals surface area contributed by atoms with E-state index >= 15 is 0 Å². The van der Waals surface area contributed by atoms with Gasteiger partial charge >= 0.3 is 5.97 Å². The van der Waals surface area contributed by atoms with Crippen LogP contribution in [0.5, 0.6) is 5.75 Å². The number of aryl methyl sites for hydroxylation is 1. The highest BCUT2D eigenvalue weighted by atomic mass is 35.5. The van der Waals surface area contributed by atoms with Crippen LogP contribution in [0.25, 0.3) is 10.9 Å². The first kappa shape index (κ1) is 14.9. The van der Waals surface area contributed by atoms with Gasteiger partial charge in [-0.2, -0.15) is 0 Å². The predicted molar refractivity (Wildman–Crippen MR) is 78.8 cm³/mol. The lowest BCUT2D eigenvalue weighted by atomic mass is 10.2. The lowest BCUT2D eigenvalue weighted by Gasteiger charge is -2.16. The molecule has 0 aliphatic rings. The van der Waals surface area contributed by atoms with Crippen molar-refractivity contribution in [1.29, 1.82) is 0 Å². The van der Waals surface area contributed by atoms with E-state index in [0.717, 1.165) is 5.69 Å². The average Bonchev–Trinajstić information content (AvgIpc) is 2.37. The Morgan fingerprint density at radius 2 is 2.10 bits per heavy atom. The van der Waals surface area contributed by atoms with Gasteiger partial charge in [0.15, 0.2) is 11.9 Å². The molecule has 0 spiro atoms. The molecule has 1 N–H and O–H groups in total. The molecule has 2 aromatic rings. The van der Waals surface area contributed by atoms with Gasteiger partial charge in [-0.1, -0.05) is 30.1 Å². The summed E-state index contributed by atoms with van der Waals surface area (Å²) in [5.41, 5.74) is 1.24. The number of carboxylic acid groups (broad SMARTS) is 1. The number of rotatable bonds is 4. The van der Waals surface area contributed by atoms with Gasteiger partial charge in [-0.3, -0.25) is 0 Å². The number of aromatic nitrogens is 1. The normalized spacial score (nSPS) is 12.4. The van der Waals surface area contributed by atoms with Crippen LogP contribution >= 0.6 is 23.2 Å². The minimum Gasteiger partial charge on any atom is -0.479 e. The molecule has 20 heavy (non-hydrogen) atoms. The highest BCUT2D eigenvalue weighted by Crippen LogP contribution is 2.38. The number of carbonyl (C=O) groups is 1. The van der Waals surface area contributed by atoms with Gasteiger partial charge in [-0.05, 0) is 31.5 Å². The molecule has 1 aromatic carbocycles. The number of aliphatic carboxylic acids is 1. The zero-order valence-corrected chi connectivity index (χ0v) is 12.5. The molecule has 1 heterocycles. The maximum atomic E-state index is 11.1. The SMILES string of the molecule is CCC(Oc1c(Cl)cc(Cl)c2ccc(C)nc12)C(=O)O. The Hall–Kier alpha value is -1.52. The number of hydrogen-bond acceptors (Lipinski definition) is 3. The molecular weight excluding hydrogens is 301 g/mol. The third-order valence-electron chi connectivity index (χ3n) is 2.88. The van der Waals surface area contributed by atoms with Gasteiger partial charge < -0.3 is 9.84 Å². The van der Waals surface area contributed by atoms with Gasteiger partial charge in [0.25, 0.3) is 0 Å². The van der Waals surface area contributed by atoms with E-state index in [1.807, 2.05) is 19.1 Å². The molecule has 106 valence electrons. The molecule has 0 saturated heterocycles. The molecule has 1 atom stereocenters. The van der Waals surface area contributed by atoms with Gasteiger partial charge in [0, 0.05) is 11.1 Å². The number of benzene rings is 1. The van der Waals surface area contributed by atoms with Crippen molar-refractivity contribution < 1.29 is 14.6 Å². The first-order chi connectivity index (χ1) is 9.43. The number of ether oxygens (including phenoxy) is 1. The van der Waals surface area contributed by atoms with Gasteiger partial charge in [0.1, 0.15) is 5.52 Å². The van der Waals surface area contributed by atoms with Crippen LogP contribution in [0, 0.1) is 6.92 Å².